The van der Waals surface area contributed by atoms with Crippen LogP contribution in [0.1, 0.15) is 33.6 Å². The normalized spacial score (nSPS) is 13.2. The molecule has 0 atom stereocenters. The van der Waals surface area contributed by atoms with Gasteiger partial charge in [-0.3, -0.25) is 14.2 Å². The van der Waals surface area contributed by atoms with Crippen LogP contribution >= 0.6 is 23.1 Å². The third-order valence-corrected chi connectivity index (χ3v) is 7.76. The van der Waals surface area contributed by atoms with E-state index < -0.39 is 0 Å². The van der Waals surface area contributed by atoms with Crippen molar-refractivity contribution in [1.82, 2.24) is 9.55 Å². The second-order valence-corrected chi connectivity index (χ2v) is 9.54. The van der Waals surface area contributed by atoms with Gasteiger partial charge in [0.2, 0.25) is 0 Å². The van der Waals surface area contributed by atoms with E-state index in [2.05, 4.69) is 0 Å². The Balaban J connectivity index is 1.66. The zero-order valence-electron chi connectivity index (χ0n) is 18.4. The first kappa shape index (κ1) is 22.8. The zero-order valence-corrected chi connectivity index (χ0v) is 20.1. The Hall–Kier alpha value is -2.36. The molecule has 170 valence electrons. The van der Waals surface area contributed by atoms with Crippen LogP contribution in [0.5, 0.6) is 11.5 Å². The van der Waals surface area contributed by atoms with E-state index in [0.717, 1.165) is 41.5 Å². The highest BCUT2D eigenvalue weighted by Crippen LogP contribution is 2.35. The average molecular weight is 475 g/mol. The number of benzene rings is 1. The summed E-state index contributed by atoms with van der Waals surface area (Å²) < 4.78 is 17.4. The number of aromatic nitrogens is 2. The molecule has 1 aliphatic rings. The maximum atomic E-state index is 13.4. The van der Waals surface area contributed by atoms with Gasteiger partial charge in [-0.15, -0.1) is 11.3 Å². The molecule has 0 fully saturated rings. The van der Waals surface area contributed by atoms with Crippen LogP contribution in [0.3, 0.4) is 0 Å². The fourth-order valence-corrected chi connectivity index (χ4v) is 6.16. The summed E-state index contributed by atoms with van der Waals surface area (Å²) in [5.41, 5.74) is 1.60. The molecule has 0 bridgehead atoms. The van der Waals surface area contributed by atoms with E-state index in [1.807, 2.05) is 0 Å². The summed E-state index contributed by atoms with van der Waals surface area (Å²) in [6.07, 6.45) is 4.19. The summed E-state index contributed by atoms with van der Waals surface area (Å²) in [6, 6.07) is 5.12. The van der Waals surface area contributed by atoms with Crippen LogP contribution in [0.4, 0.5) is 0 Å². The third-order valence-electron chi connectivity index (χ3n) is 5.60. The monoisotopic (exact) mass is 474 g/mol. The van der Waals surface area contributed by atoms with E-state index in [9.17, 15) is 9.59 Å². The second kappa shape index (κ2) is 10.1. The SMILES string of the molecule is COCCn1c(SCC(=O)c2ccc(OC)cc2OC)nc2sc3c(c2c1=O)CCCC3. The van der Waals surface area contributed by atoms with Gasteiger partial charge in [-0.1, -0.05) is 11.8 Å². The van der Waals surface area contributed by atoms with E-state index in [1.54, 1.807) is 48.3 Å². The molecule has 0 radical (unpaired) electrons. The van der Waals surface area contributed by atoms with Crippen molar-refractivity contribution in [3.05, 3.63) is 44.6 Å². The Kier molecular flexibility index (Phi) is 7.17. The van der Waals surface area contributed by atoms with Crippen molar-refractivity contribution in [2.24, 2.45) is 0 Å². The molecular weight excluding hydrogens is 448 g/mol. The van der Waals surface area contributed by atoms with Crippen LogP contribution in [0.25, 0.3) is 10.2 Å². The molecule has 4 rings (SSSR count). The molecule has 1 aliphatic carbocycles. The standard InChI is InChI=1S/C23H26N2O5S2/c1-28-11-10-25-22(27)20-16-6-4-5-7-19(16)32-21(20)24-23(25)31-13-17(26)15-9-8-14(29-2)12-18(15)30-3/h8-9,12H,4-7,10-11,13H2,1-3H3. The van der Waals surface area contributed by atoms with E-state index in [4.69, 9.17) is 19.2 Å². The molecule has 32 heavy (non-hydrogen) atoms. The van der Waals surface area contributed by atoms with Crippen molar-refractivity contribution >= 4 is 39.1 Å². The number of carbonyl (C=O) groups excluding carboxylic acids is 1. The van der Waals surface area contributed by atoms with Crippen LogP contribution in [0, 0.1) is 0 Å². The first-order valence-electron chi connectivity index (χ1n) is 10.5. The number of thiophene rings is 1. The Morgan fingerprint density at radius 3 is 2.75 bits per heavy atom. The predicted octanol–water partition coefficient (Wildman–Crippen LogP) is 3.98. The van der Waals surface area contributed by atoms with Crippen molar-refractivity contribution < 1.29 is 19.0 Å². The molecule has 0 amide bonds. The fraction of sp³-hybridized carbons (Fsp3) is 0.435. The van der Waals surface area contributed by atoms with E-state index in [-0.39, 0.29) is 17.1 Å². The van der Waals surface area contributed by atoms with Gasteiger partial charge in [0.25, 0.3) is 5.56 Å². The summed E-state index contributed by atoms with van der Waals surface area (Å²) in [7, 11) is 4.69. The summed E-state index contributed by atoms with van der Waals surface area (Å²) in [5, 5.41) is 1.28. The molecule has 0 spiro atoms. The second-order valence-electron chi connectivity index (χ2n) is 7.51. The molecule has 0 saturated heterocycles. The Morgan fingerprint density at radius 2 is 2.00 bits per heavy atom. The van der Waals surface area contributed by atoms with Gasteiger partial charge >= 0.3 is 0 Å². The van der Waals surface area contributed by atoms with Crippen LogP contribution in [-0.2, 0) is 24.1 Å². The van der Waals surface area contributed by atoms with Crippen LogP contribution in [0.2, 0.25) is 0 Å². The number of carbonyl (C=O) groups is 1. The number of nitrogens with zero attached hydrogens (tertiary/aromatic N) is 2. The Labute approximate surface area is 194 Å². The number of hydrogen-bond acceptors (Lipinski definition) is 8. The number of aryl methyl sites for hydroxylation is 2. The number of rotatable bonds is 9. The van der Waals surface area contributed by atoms with E-state index in [0.29, 0.717) is 35.4 Å². The number of hydrogen-bond donors (Lipinski definition) is 0. The minimum absolute atomic E-state index is 0.0385. The lowest BCUT2D eigenvalue weighted by atomic mass is 9.97. The van der Waals surface area contributed by atoms with Crippen LogP contribution in [-0.4, -0.2) is 49.0 Å². The molecule has 0 N–H and O–H groups in total. The number of thioether (sulfide) groups is 1. The molecule has 2 heterocycles. The van der Waals surface area contributed by atoms with Crippen molar-refractivity contribution in [3.63, 3.8) is 0 Å². The van der Waals surface area contributed by atoms with Crippen molar-refractivity contribution in [2.45, 2.75) is 37.4 Å². The summed E-state index contributed by atoms with van der Waals surface area (Å²) in [6.45, 7) is 0.790. The van der Waals surface area contributed by atoms with Crippen molar-refractivity contribution in [3.8, 4) is 11.5 Å². The average Bonchev–Trinajstić information content (AvgIpc) is 3.20. The smallest absolute Gasteiger partial charge is 0.263 e. The Morgan fingerprint density at radius 1 is 1.19 bits per heavy atom. The number of Topliss-reactive ketones (excluding diaryl/α,β-unsaturated/α-hetero) is 1. The van der Waals surface area contributed by atoms with Gasteiger partial charge in [-0.2, -0.15) is 0 Å². The lowest BCUT2D eigenvalue weighted by molar-refractivity contribution is 0.101. The summed E-state index contributed by atoms with van der Waals surface area (Å²) in [5.74, 6) is 1.11. The molecule has 3 aromatic rings. The predicted molar refractivity (Wildman–Crippen MR) is 127 cm³/mol. The lowest BCUT2D eigenvalue weighted by Gasteiger charge is -2.13. The van der Waals surface area contributed by atoms with E-state index >= 15 is 0 Å². The summed E-state index contributed by atoms with van der Waals surface area (Å²) >= 11 is 2.88. The van der Waals surface area contributed by atoms with Gasteiger partial charge < -0.3 is 14.2 Å². The quantitative estimate of drug-likeness (QED) is 0.264. The van der Waals surface area contributed by atoms with Gasteiger partial charge in [0.15, 0.2) is 10.9 Å². The van der Waals surface area contributed by atoms with Crippen molar-refractivity contribution in [1.29, 1.82) is 0 Å². The third kappa shape index (κ3) is 4.42. The molecule has 2 aromatic heterocycles. The number of ether oxygens (including phenoxy) is 3. The number of ketones is 1. The largest absolute Gasteiger partial charge is 0.497 e. The maximum absolute atomic E-state index is 13.4. The van der Waals surface area contributed by atoms with Gasteiger partial charge in [0.1, 0.15) is 16.3 Å². The molecule has 9 heteroatoms. The van der Waals surface area contributed by atoms with Gasteiger partial charge in [0, 0.05) is 18.1 Å². The topological polar surface area (TPSA) is 79.7 Å². The van der Waals surface area contributed by atoms with Gasteiger partial charge in [0.05, 0.1) is 44.1 Å². The van der Waals surface area contributed by atoms with Gasteiger partial charge in [-0.05, 0) is 43.4 Å². The number of methoxy groups -OCH3 is 3. The zero-order chi connectivity index (χ0) is 22.7. The molecule has 0 aliphatic heterocycles. The molecule has 0 unspecified atom stereocenters. The molecule has 0 saturated carbocycles. The Bertz CT molecular complexity index is 1200. The van der Waals surface area contributed by atoms with Gasteiger partial charge in [-0.25, -0.2) is 4.98 Å². The van der Waals surface area contributed by atoms with Crippen LogP contribution < -0.4 is 15.0 Å². The van der Waals surface area contributed by atoms with Crippen molar-refractivity contribution in [2.75, 3.05) is 33.7 Å². The van der Waals surface area contributed by atoms with Crippen LogP contribution in [0.15, 0.2) is 28.2 Å². The fourth-order valence-electron chi connectivity index (χ4n) is 3.95. The highest BCUT2D eigenvalue weighted by molar-refractivity contribution is 7.99. The molecule has 7 nitrogen and oxygen atoms in total. The minimum Gasteiger partial charge on any atom is -0.497 e. The lowest BCUT2D eigenvalue weighted by Crippen LogP contribution is -2.26. The summed E-state index contributed by atoms with van der Waals surface area (Å²) in [4.78, 5) is 33.2. The minimum atomic E-state index is -0.104. The molecular formula is C23H26N2O5S2. The first-order chi connectivity index (χ1) is 15.6. The highest BCUT2D eigenvalue weighted by Gasteiger charge is 2.23. The maximum Gasteiger partial charge on any atom is 0.263 e. The molecule has 1 aromatic carbocycles. The number of fused-ring (bicyclic) bond motifs is 3. The first-order valence-corrected chi connectivity index (χ1v) is 12.3. The van der Waals surface area contributed by atoms with E-state index in [1.165, 1.54) is 23.7 Å². The highest BCUT2D eigenvalue weighted by atomic mass is 32.2.